The summed E-state index contributed by atoms with van der Waals surface area (Å²) in [5, 5.41) is 18.9. The number of hydrogen-bond donors (Lipinski definition) is 3. The molecule has 2 aromatic rings. The van der Waals surface area contributed by atoms with E-state index < -0.39 is 44.7 Å². The van der Waals surface area contributed by atoms with Crippen molar-refractivity contribution >= 4 is 15.7 Å². The summed E-state index contributed by atoms with van der Waals surface area (Å²) in [5.74, 6) is -1.81. The summed E-state index contributed by atoms with van der Waals surface area (Å²) in [6.45, 7) is 2.99. The number of sulfonamides is 1. The fraction of sp³-hybridized carbons (Fsp3) is 0.522. The molecule has 1 aliphatic rings. The Labute approximate surface area is 197 Å². The number of ether oxygens (including phenoxy) is 1. The largest absolute Gasteiger partial charge is 0.394 e. The van der Waals surface area contributed by atoms with Gasteiger partial charge in [0.25, 0.3) is 5.56 Å². The van der Waals surface area contributed by atoms with Gasteiger partial charge in [-0.2, -0.15) is 0 Å². The van der Waals surface area contributed by atoms with E-state index in [0.29, 0.717) is 18.6 Å². The van der Waals surface area contributed by atoms with Gasteiger partial charge in [0.2, 0.25) is 10.0 Å². The molecule has 0 aliphatic heterocycles. The number of halogens is 2. The van der Waals surface area contributed by atoms with Crippen molar-refractivity contribution in [1.29, 1.82) is 0 Å². The number of rotatable bonds is 12. The molecule has 1 fully saturated rings. The predicted molar refractivity (Wildman–Crippen MR) is 123 cm³/mol. The number of anilines is 1. The number of hydrogen-bond acceptors (Lipinski definition) is 6. The van der Waals surface area contributed by atoms with Gasteiger partial charge >= 0.3 is 0 Å². The molecule has 1 unspecified atom stereocenters. The Morgan fingerprint density at radius 3 is 2.59 bits per heavy atom. The van der Waals surface area contributed by atoms with Crippen LogP contribution < -0.4 is 10.3 Å². The minimum absolute atomic E-state index is 0.0983. The maximum absolute atomic E-state index is 15.3. The van der Waals surface area contributed by atoms with Crippen molar-refractivity contribution in [3.05, 3.63) is 63.1 Å². The number of aliphatic hydroxyl groups excluding tert-OH is 2. The van der Waals surface area contributed by atoms with Gasteiger partial charge < -0.3 is 14.9 Å². The van der Waals surface area contributed by atoms with E-state index in [1.807, 2.05) is 6.92 Å². The van der Waals surface area contributed by atoms with Gasteiger partial charge in [-0.25, -0.2) is 17.2 Å². The Balaban J connectivity index is 2.04. The standard InChI is InChI=1S/C23H30F2N2O6S/c1-3-8-33-14-27-12-20(26-34(31,32)23(6-7-23)11-17(29)13-28)18(21(25)22(27)30)10-16-5-4-15(2)9-19(16)24/h4-5,9,12,17,26,28-29H,3,6-8,10-11,13-14H2,1-2H3. The van der Waals surface area contributed by atoms with Crippen LogP contribution in [0.15, 0.2) is 29.2 Å². The van der Waals surface area contributed by atoms with Crippen LogP contribution >= 0.6 is 0 Å². The van der Waals surface area contributed by atoms with Crippen LogP contribution in [0.4, 0.5) is 14.5 Å². The lowest BCUT2D eigenvalue weighted by atomic mass is 10.0. The summed E-state index contributed by atoms with van der Waals surface area (Å²) in [7, 11) is -4.15. The summed E-state index contributed by atoms with van der Waals surface area (Å²) < 4.78 is 63.4. The minimum Gasteiger partial charge on any atom is -0.394 e. The summed E-state index contributed by atoms with van der Waals surface area (Å²) in [6, 6.07) is 4.36. The molecule has 3 rings (SSSR count). The number of pyridine rings is 1. The minimum atomic E-state index is -4.15. The molecule has 0 spiro atoms. The third kappa shape index (κ3) is 5.65. The van der Waals surface area contributed by atoms with Crippen LogP contribution in [0.1, 0.15) is 49.3 Å². The van der Waals surface area contributed by atoms with Crippen molar-refractivity contribution in [2.45, 2.75) is 63.5 Å². The number of benzene rings is 1. The molecule has 3 N–H and O–H groups in total. The van der Waals surface area contributed by atoms with Crippen molar-refractivity contribution in [2.24, 2.45) is 0 Å². The molecule has 1 heterocycles. The number of nitrogens with one attached hydrogen (secondary N) is 1. The molecule has 1 saturated carbocycles. The van der Waals surface area contributed by atoms with Crippen molar-refractivity contribution in [2.75, 3.05) is 17.9 Å². The molecule has 11 heteroatoms. The van der Waals surface area contributed by atoms with Crippen molar-refractivity contribution in [3.8, 4) is 0 Å². The second-order valence-electron chi connectivity index (χ2n) is 8.75. The SMILES string of the molecule is CCCOCn1cc(NS(=O)(=O)C2(CC(O)CO)CC2)c(Cc2ccc(C)cc2F)c(F)c1=O. The second-order valence-corrected chi connectivity index (χ2v) is 10.8. The molecule has 0 saturated heterocycles. The van der Waals surface area contributed by atoms with Crippen LogP contribution in [0.2, 0.25) is 0 Å². The molecule has 1 aromatic carbocycles. The first-order chi connectivity index (χ1) is 16.0. The highest BCUT2D eigenvalue weighted by Crippen LogP contribution is 2.48. The lowest BCUT2D eigenvalue weighted by Gasteiger charge is -2.22. The lowest BCUT2D eigenvalue weighted by Crippen LogP contribution is -2.35. The maximum atomic E-state index is 15.3. The number of nitrogens with zero attached hydrogens (tertiary/aromatic N) is 1. The predicted octanol–water partition coefficient (Wildman–Crippen LogP) is 2.43. The van der Waals surface area contributed by atoms with Gasteiger partial charge in [-0.15, -0.1) is 0 Å². The third-order valence-electron chi connectivity index (χ3n) is 5.92. The van der Waals surface area contributed by atoms with Crippen molar-refractivity contribution < 1.29 is 32.1 Å². The molecule has 8 nitrogen and oxygen atoms in total. The summed E-state index contributed by atoms with van der Waals surface area (Å²) in [4.78, 5) is 12.6. The van der Waals surface area contributed by atoms with Crippen molar-refractivity contribution in [3.63, 3.8) is 0 Å². The average molecular weight is 501 g/mol. The zero-order valence-corrected chi connectivity index (χ0v) is 20.0. The van der Waals surface area contributed by atoms with Gasteiger partial charge in [0.1, 0.15) is 12.5 Å². The van der Waals surface area contributed by atoms with Gasteiger partial charge in [0.05, 0.1) is 23.1 Å². The van der Waals surface area contributed by atoms with Crippen LogP contribution in [0.5, 0.6) is 0 Å². The van der Waals surface area contributed by atoms with Crippen molar-refractivity contribution in [1.82, 2.24) is 4.57 Å². The van der Waals surface area contributed by atoms with E-state index in [4.69, 9.17) is 9.84 Å². The molecule has 0 radical (unpaired) electrons. The van der Waals surface area contributed by atoms with Gasteiger partial charge in [-0.1, -0.05) is 19.1 Å². The van der Waals surface area contributed by atoms with E-state index in [1.54, 1.807) is 13.0 Å². The molecule has 0 amide bonds. The summed E-state index contributed by atoms with van der Waals surface area (Å²) >= 11 is 0. The van der Waals surface area contributed by atoms with Gasteiger partial charge in [0.15, 0.2) is 5.82 Å². The van der Waals surface area contributed by atoms with Gasteiger partial charge in [0, 0.05) is 24.8 Å². The van der Waals surface area contributed by atoms with Crippen LogP contribution in [0.25, 0.3) is 0 Å². The Hall–Kier alpha value is -2.34. The van der Waals surface area contributed by atoms with E-state index in [2.05, 4.69) is 4.72 Å². The molecule has 1 aliphatic carbocycles. The molecule has 34 heavy (non-hydrogen) atoms. The van der Waals surface area contributed by atoms with E-state index in [9.17, 15) is 22.7 Å². The van der Waals surface area contributed by atoms with E-state index >= 15 is 4.39 Å². The first-order valence-corrected chi connectivity index (χ1v) is 12.6. The van der Waals surface area contributed by atoms with Gasteiger partial charge in [-0.3, -0.25) is 14.1 Å². The van der Waals surface area contributed by atoms with Gasteiger partial charge in [-0.05, 0) is 49.8 Å². The van der Waals surface area contributed by atoms with Crippen LogP contribution in [0.3, 0.4) is 0 Å². The Bertz CT molecular complexity index is 1190. The Morgan fingerprint density at radius 1 is 1.29 bits per heavy atom. The molecule has 188 valence electrons. The highest BCUT2D eigenvalue weighted by atomic mass is 32.2. The number of aryl methyl sites for hydroxylation is 1. The van der Waals surface area contributed by atoms with Crippen LogP contribution in [-0.2, 0) is 27.9 Å². The van der Waals surface area contributed by atoms with E-state index in [0.717, 1.165) is 10.8 Å². The Kier molecular flexibility index (Phi) is 8.12. The third-order valence-corrected chi connectivity index (χ3v) is 8.12. The first-order valence-electron chi connectivity index (χ1n) is 11.1. The monoisotopic (exact) mass is 500 g/mol. The first kappa shape index (κ1) is 26.3. The molecule has 1 atom stereocenters. The smallest absolute Gasteiger partial charge is 0.288 e. The maximum Gasteiger partial charge on any atom is 0.288 e. The number of aromatic nitrogens is 1. The zero-order valence-electron chi connectivity index (χ0n) is 19.2. The van der Waals surface area contributed by atoms with Crippen LogP contribution in [-0.4, -0.2) is 47.3 Å². The van der Waals surface area contributed by atoms with E-state index in [1.165, 1.54) is 12.1 Å². The Morgan fingerprint density at radius 2 is 2.00 bits per heavy atom. The zero-order chi connectivity index (χ0) is 25.1. The summed E-state index contributed by atoms with van der Waals surface area (Å²) in [6.07, 6.45) is 0.548. The molecule has 1 aromatic heterocycles. The second kappa shape index (κ2) is 10.5. The molecule has 0 bridgehead atoms. The molecular formula is C23H30F2N2O6S. The average Bonchev–Trinajstić information content (AvgIpc) is 3.57. The topological polar surface area (TPSA) is 118 Å². The lowest BCUT2D eigenvalue weighted by molar-refractivity contribution is 0.0744. The van der Waals surface area contributed by atoms with Crippen LogP contribution in [0, 0.1) is 18.6 Å². The summed E-state index contributed by atoms with van der Waals surface area (Å²) in [5.41, 5.74) is -0.757. The van der Waals surface area contributed by atoms with E-state index in [-0.39, 0.29) is 49.2 Å². The number of aliphatic hydroxyl groups is 2. The highest BCUT2D eigenvalue weighted by Gasteiger charge is 2.55. The normalized spacial score (nSPS) is 15.8. The fourth-order valence-corrected chi connectivity index (χ4v) is 5.52. The fourth-order valence-electron chi connectivity index (χ4n) is 3.78. The quantitative estimate of drug-likeness (QED) is 0.386. The molecular weight excluding hydrogens is 470 g/mol. The highest BCUT2D eigenvalue weighted by molar-refractivity contribution is 7.94.